The first-order valence-electron chi connectivity index (χ1n) is 6.35. The highest BCUT2D eigenvalue weighted by molar-refractivity contribution is 5.94. The minimum absolute atomic E-state index is 0. The summed E-state index contributed by atoms with van der Waals surface area (Å²) < 4.78 is 0. The molecule has 0 aliphatic carbocycles. The zero-order chi connectivity index (χ0) is 14.3. The highest BCUT2D eigenvalue weighted by atomic mass is 35.5. The number of amides is 2. The first kappa shape index (κ1) is 18.4. The van der Waals surface area contributed by atoms with E-state index in [9.17, 15) is 9.59 Å². The Morgan fingerprint density at radius 3 is 2.50 bits per heavy atom. The van der Waals surface area contributed by atoms with Gasteiger partial charge in [0, 0.05) is 24.7 Å². The normalized spacial score (nSPS) is 9.55. The molecule has 2 amide bonds. The van der Waals surface area contributed by atoms with Crippen molar-refractivity contribution in [1.29, 1.82) is 0 Å². The van der Waals surface area contributed by atoms with Crippen molar-refractivity contribution in [2.75, 3.05) is 24.2 Å². The predicted octanol–water partition coefficient (Wildman–Crippen LogP) is 2.31. The Morgan fingerprint density at radius 1 is 1.20 bits per heavy atom. The fourth-order valence-electron chi connectivity index (χ4n) is 1.68. The van der Waals surface area contributed by atoms with Crippen LogP contribution in [-0.4, -0.2) is 25.4 Å². The first-order chi connectivity index (χ1) is 9.02. The van der Waals surface area contributed by atoms with E-state index in [0.717, 1.165) is 24.2 Å². The highest BCUT2D eigenvalue weighted by Gasteiger charge is 2.06. The Bertz CT molecular complexity index is 464. The quantitative estimate of drug-likeness (QED) is 0.706. The summed E-state index contributed by atoms with van der Waals surface area (Å²) in [5.41, 5.74) is 2.39. The Balaban J connectivity index is 0.00000361. The van der Waals surface area contributed by atoms with E-state index in [4.69, 9.17) is 0 Å². The van der Waals surface area contributed by atoms with Gasteiger partial charge < -0.3 is 16.0 Å². The topological polar surface area (TPSA) is 70.2 Å². The number of hydrogen-bond acceptors (Lipinski definition) is 3. The van der Waals surface area contributed by atoms with Crippen LogP contribution in [0.3, 0.4) is 0 Å². The number of carbonyl (C=O) groups excluding carboxylic acids is 2. The molecule has 0 aliphatic heterocycles. The van der Waals surface area contributed by atoms with E-state index >= 15 is 0 Å². The van der Waals surface area contributed by atoms with Crippen LogP contribution >= 0.6 is 12.4 Å². The molecule has 0 aromatic heterocycles. The van der Waals surface area contributed by atoms with E-state index in [1.165, 1.54) is 6.92 Å². The van der Waals surface area contributed by atoms with E-state index in [2.05, 4.69) is 16.0 Å². The number of rotatable bonds is 6. The maximum Gasteiger partial charge on any atom is 0.224 e. The van der Waals surface area contributed by atoms with Gasteiger partial charge in [0.15, 0.2) is 0 Å². The molecule has 0 saturated carbocycles. The summed E-state index contributed by atoms with van der Waals surface area (Å²) in [7, 11) is 1.86. The molecule has 0 aliphatic rings. The number of halogens is 1. The molecule has 0 atom stereocenters. The molecule has 0 spiro atoms. The van der Waals surface area contributed by atoms with E-state index < -0.39 is 0 Å². The van der Waals surface area contributed by atoms with Crippen LogP contribution < -0.4 is 16.0 Å². The zero-order valence-corrected chi connectivity index (χ0v) is 12.9. The molecule has 6 heteroatoms. The number of hydrogen-bond donors (Lipinski definition) is 3. The number of benzene rings is 1. The summed E-state index contributed by atoms with van der Waals surface area (Å²) in [6.07, 6.45) is 1.28. The molecule has 0 radical (unpaired) electrons. The van der Waals surface area contributed by atoms with Crippen molar-refractivity contribution in [3.05, 3.63) is 23.8 Å². The van der Waals surface area contributed by atoms with Crippen molar-refractivity contribution in [3.63, 3.8) is 0 Å². The van der Waals surface area contributed by atoms with Gasteiger partial charge in [0.1, 0.15) is 0 Å². The summed E-state index contributed by atoms with van der Waals surface area (Å²) in [5, 5.41) is 8.56. The molecule has 1 aromatic carbocycles. The van der Waals surface area contributed by atoms with Crippen LogP contribution in [0.4, 0.5) is 11.4 Å². The third-order valence-corrected chi connectivity index (χ3v) is 2.66. The molecule has 0 fully saturated rings. The Morgan fingerprint density at radius 2 is 1.90 bits per heavy atom. The largest absolute Gasteiger partial charge is 0.326 e. The molecule has 0 saturated heterocycles. The third-order valence-electron chi connectivity index (χ3n) is 2.66. The minimum atomic E-state index is -0.129. The Labute approximate surface area is 125 Å². The van der Waals surface area contributed by atoms with Gasteiger partial charge in [-0.1, -0.05) is 6.07 Å². The lowest BCUT2D eigenvalue weighted by Crippen LogP contribution is -2.16. The number of nitrogens with one attached hydrogen (secondary N) is 3. The molecule has 3 N–H and O–H groups in total. The molecule has 112 valence electrons. The van der Waals surface area contributed by atoms with Gasteiger partial charge in [-0.25, -0.2) is 0 Å². The zero-order valence-electron chi connectivity index (χ0n) is 12.1. The molecule has 1 aromatic rings. The standard InChI is InChI=1S/C14H21N3O2.ClH/c1-10-6-7-12(16-11(2)18)9-13(10)17-14(19)5-4-8-15-3;/h6-7,9,15H,4-5,8H2,1-3H3,(H,16,18)(H,17,19);1H. The summed E-state index contributed by atoms with van der Waals surface area (Å²) in [5.74, 6) is -0.145. The van der Waals surface area contributed by atoms with Crippen molar-refractivity contribution >= 4 is 35.6 Å². The summed E-state index contributed by atoms with van der Waals surface area (Å²) in [6, 6.07) is 5.45. The van der Waals surface area contributed by atoms with Gasteiger partial charge in [0.05, 0.1) is 0 Å². The van der Waals surface area contributed by atoms with Crippen molar-refractivity contribution in [2.24, 2.45) is 0 Å². The van der Waals surface area contributed by atoms with E-state index in [1.54, 1.807) is 6.07 Å². The second-order valence-corrected chi connectivity index (χ2v) is 4.47. The number of carbonyl (C=O) groups is 2. The maximum absolute atomic E-state index is 11.7. The molecule has 0 bridgehead atoms. The molecule has 0 heterocycles. The monoisotopic (exact) mass is 299 g/mol. The van der Waals surface area contributed by atoms with Gasteiger partial charge >= 0.3 is 0 Å². The van der Waals surface area contributed by atoms with Crippen molar-refractivity contribution < 1.29 is 9.59 Å². The second kappa shape index (κ2) is 9.34. The van der Waals surface area contributed by atoms with Gasteiger partial charge in [0.25, 0.3) is 0 Å². The summed E-state index contributed by atoms with van der Waals surface area (Å²) in [6.45, 7) is 4.19. The predicted molar refractivity (Wildman–Crippen MR) is 84.5 cm³/mol. The van der Waals surface area contributed by atoms with Gasteiger partial charge in [-0.05, 0) is 44.6 Å². The summed E-state index contributed by atoms with van der Waals surface area (Å²) >= 11 is 0. The van der Waals surface area contributed by atoms with Gasteiger partial charge in [-0.15, -0.1) is 12.4 Å². The molecule has 20 heavy (non-hydrogen) atoms. The first-order valence-corrected chi connectivity index (χ1v) is 6.35. The van der Waals surface area contributed by atoms with Crippen LogP contribution in [0.1, 0.15) is 25.3 Å². The van der Waals surface area contributed by atoms with Crippen molar-refractivity contribution in [3.8, 4) is 0 Å². The van der Waals surface area contributed by atoms with E-state index in [-0.39, 0.29) is 24.2 Å². The average Bonchev–Trinajstić information content (AvgIpc) is 2.33. The Kier molecular flexibility index (Phi) is 8.59. The van der Waals surface area contributed by atoms with E-state index in [1.807, 2.05) is 26.1 Å². The van der Waals surface area contributed by atoms with Crippen LogP contribution in [0.15, 0.2) is 18.2 Å². The smallest absolute Gasteiger partial charge is 0.224 e. The van der Waals surface area contributed by atoms with E-state index in [0.29, 0.717) is 12.1 Å². The van der Waals surface area contributed by atoms with Crippen LogP contribution in [-0.2, 0) is 9.59 Å². The fraction of sp³-hybridized carbons (Fsp3) is 0.429. The molecule has 5 nitrogen and oxygen atoms in total. The highest BCUT2D eigenvalue weighted by Crippen LogP contribution is 2.20. The molecular formula is C14H22ClN3O2. The minimum Gasteiger partial charge on any atom is -0.326 e. The number of aryl methyl sites for hydroxylation is 1. The third kappa shape index (κ3) is 6.54. The van der Waals surface area contributed by atoms with Crippen LogP contribution in [0.5, 0.6) is 0 Å². The lowest BCUT2D eigenvalue weighted by Gasteiger charge is -2.11. The van der Waals surface area contributed by atoms with Crippen molar-refractivity contribution in [2.45, 2.75) is 26.7 Å². The summed E-state index contributed by atoms with van der Waals surface area (Å²) in [4.78, 5) is 22.7. The van der Waals surface area contributed by atoms with Gasteiger partial charge in [-0.3, -0.25) is 9.59 Å². The number of anilines is 2. The van der Waals surface area contributed by atoms with Gasteiger partial charge in [0.2, 0.25) is 11.8 Å². The molecule has 1 rings (SSSR count). The van der Waals surface area contributed by atoms with Crippen LogP contribution in [0, 0.1) is 6.92 Å². The maximum atomic E-state index is 11.7. The molecule has 0 unspecified atom stereocenters. The SMILES string of the molecule is CNCCCC(=O)Nc1cc(NC(C)=O)ccc1C.Cl. The molecular weight excluding hydrogens is 278 g/mol. The van der Waals surface area contributed by atoms with Crippen LogP contribution in [0.25, 0.3) is 0 Å². The average molecular weight is 300 g/mol. The fourth-order valence-corrected chi connectivity index (χ4v) is 1.68. The van der Waals surface area contributed by atoms with Crippen molar-refractivity contribution in [1.82, 2.24) is 5.32 Å². The van der Waals surface area contributed by atoms with Crippen LogP contribution in [0.2, 0.25) is 0 Å². The van der Waals surface area contributed by atoms with Gasteiger partial charge in [-0.2, -0.15) is 0 Å². The Hall–Kier alpha value is -1.59. The lowest BCUT2D eigenvalue weighted by molar-refractivity contribution is -0.116. The second-order valence-electron chi connectivity index (χ2n) is 4.47. The lowest BCUT2D eigenvalue weighted by atomic mass is 10.1.